The third-order valence-electron chi connectivity index (χ3n) is 8.53. The Labute approximate surface area is 284 Å². The molecule has 48 heavy (non-hydrogen) atoms. The molecule has 0 aromatic heterocycles. The third kappa shape index (κ3) is 12.8. The van der Waals surface area contributed by atoms with Gasteiger partial charge < -0.3 is 54.0 Å². The molecule has 0 spiro atoms. The minimum atomic E-state index is -2.37. The minimum Gasteiger partial charge on any atom is -0.455 e. The predicted molar refractivity (Wildman–Crippen MR) is 171 cm³/mol. The van der Waals surface area contributed by atoms with Crippen molar-refractivity contribution in [3.05, 3.63) is 0 Å². The second-order valence-corrected chi connectivity index (χ2v) is 14.2. The molecule has 14 heteroatoms. The molecule has 0 bridgehead atoms. The number of ether oxygens (including phenoxy) is 6. The number of rotatable bonds is 21. The SMILES string of the molecule is CC(C)CCCCC(=O)O[C@@H]1[C@@H](OC(=O)CCCC(C)C)[C@@H](O[C@]2(CO)O[C@H](CO)[C@@H](O)[C@@H]2O)O[C@H](CO)[C@H]1OC(=O)CCCC(C)C. The van der Waals surface area contributed by atoms with Gasteiger partial charge in [0, 0.05) is 19.3 Å². The standard InChI is InChI=1S/C34H60O14/c1-20(2)11-7-8-14-25(38)45-30-29(44-26(39)15-9-12-21(3)4)24(18-36)43-33(31(30)46-27(40)16-10-13-22(5)6)48-34(19-37)32(42)28(41)23(17-35)47-34/h20-24,28-33,35-37,41-42H,7-19H2,1-6H3/t23-,24-,28-,29-,30+,31-,32+,33-,34+/m1/s1. The van der Waals surface area contributed by atoms with Gasteiger partial charge in [-0.25, -0.2) is 0 Å². The first-order chi connectivity index (χ1) is 22.7. The van der Waals surface area contributed by atoms with Crippen LogP contribution in [0.2, 0.25) is 0 Å². The van der Waals surface area contributed by atoms with E-state index in [1.165, 1.54) is 0 Å². The maximum absolute atomic E-state index is 13.2. The molecule has 0 radical (unpaired) electrons. The summed E-state index contributed by atoms with van der Waals surface area (Å²) in [5, 5.41) is 51.6. The van der Waals surface area contributed by atoms with Gasteiger partial charge in [0.15, 0.2) is 18.3 Å². The summed E-state index contributed by atoms with van der Waals surface area (Å²) in [4.78, 5) is 39.5. The van der Waals surface area contributed by atoms with Crippen LogP contribution >= 0.6 is 0 Å². The zero-order valence-corrected chi connectivity index (χ0v) is 29.5. The van der Waals surface area contributed by atoms with Crippen LogP contribution in [0.15, 0.2) is 0 Å². The summed E-state index contributed by atoms with van der Waals surface area (Å²) in [5.74, 6) is -3.29. The smallest absolute Gasteiger partial charge is 0.306 e. The molecule has 9 atom stereocenters. The van der Waals surface area contributed by atoms with Gasteiger partial charge in [0.1, 0.15) is 31.0 Å². The van der Waals surface area contributed by atoms with E-state index in [1.807, 2.05) is 27.7 Å². The Morgan fingerprint density at radius 3 is 1.56 bits per heavy atom. The normalized spacial score (nSPS) is 30.6. The van der Waals surface area contributed by atoms with Crippen LogP contribution in [0.4, 0.5) is 0 Å². The minimum absolute atomic E-state index is 0.0102. The largest absolute Gasteiger partial charge is 0.455 e. The van der Waals surface area contributed by atoms with Gasteiger partial charge >= 0.3 is 17.9 Å². The molecule has 5 N–H and O–H groups in total. The van der Waals surface area contributed by atoms with E-state index in [2.05, 4.69) is 13.8 Å². The number of aliphatic hydroxyl groups is 5. The molecule has 0 aromatic rings. The van der Waals surface area contributed by atoms with Crippen LogP contribution in [0.3, 0.4) is 0 Å². The third-order valence-corrected chi connectivity index (χ3v) is 8.53. The number of unbranched alkanes of at least 4 members (excludes halogenated alkanes) is 1. The van der Waals surface area contributed by atoms with Gasteiger partial charge in [-0.1, -0.05) is 67.2 Å². The van der Waals surface area contributed by atoms with Crippen molar-refractivity contribution in [1.82, 2.24) is 0 Å². The molecule has 0 aromatic carbocycles. The molecule has 0 unspecified atom stereocenters. The van der Waals surface area contributed by atoms with Gasteiger partial charge in [0.05, 0.1) is 13.2 Å². The molecule has 2 rings (SSSR count). The lowest BCUT2D eigenvalue weighted by Gasteiger charge is -2.46. The zero-order valence-electron chi connectivity index (χ0n) is 29.5. The van der Waals surface area contributed by atoms with Crippen molar-refractivity contribution in [3.8, 4) is 0 Å². The fraction of sp³-hybridized carbons (Fsp3) is 0.912. The fourth-order valence-electron chi connectivity index (χ4n) is 5.75. The molecule has 2 saturated heterocycles. The highest BCUT2D eigenvalue weighted by Gasteiger charge is 2.60. The molecular weight excluding hydrogens is 632 g/mol. The van der Waals surface area contributed by atoms with Gasteiger partial charge in [-0.15, -0.1) is 0 Å². The second kappa shape index (κ2) is 20.7. The van der Waals surface area contributed by atoms with E-state index in [0.29, 0.717) is 37.0 Å². The Hall–Kier alpha value is -1.91. The summed E-state index contributed by atoms with van der Waals surface area (Å²) in [6.07, 6.45) is -7.95. The summed E-state index contributed by atoms with van der Waals surface area (Å²) < 4.78 is 34.9. The van der Waals surface area contributed by atoms with Crippen molar-refractivity contribution in [2.45, 2.75) is 161 Å². The molecule has 2 heterocycles. The van der Waals surface area contributed by atoms with E-state index < -0.39 is 92.5 Å². The second-order valence-electron chi connectivity index (χ2n) is 14.2. The van der Waals surface area contributed by atoms with Crippen LogP contribution in [0.1, 0.15) is 106 Å². The van der Waals surface area contributed by atoms with Crippen LogP contribution in [-0.2, 0) is 42.8 Å². The van der Waals surface area contributed by atoms with Crippen molar-refractivity contribution in [2.24, 2.45) is 17.8 Å². The van der Waals surface area contributed by atoms with Crippen molar-refractivity contribution < 1.29 is 68.3 Å². The van der Waals surface area contributed by atoms with Gasteiger partial charge in [-0.2, -0.15) is 0 Å². The molecule has 0 amide bonds. The number of aliphatic hydroxyl groups excluding tert-OH is 5. The lowest BCUT2D eigenvalue weighted by atomic mass is 9.97. The lowest BCUT2D eigenvalue weighted by Crippen LogP contribution is -2.65. The molecule has 280 valence electrons. The molecule has 2 fully saturated rings. The molecule has 0 saturated carbocycles. The van der Waals surface area contributed by atoms with E-state index in [0.717, 1.165) is 25.7 Å². The van der Waals surface area contributed by atoms with Gasteiger partial charge in [0.2, 0.25) is 12.1 Å². The number of carbonyl (C=O) groups is 3. The van der Waals surface area contributed by atoms with E-state index in [4.69, 9.17) is 28.4 Å². The average molecular weight is 693 g/mol. The van der Waals surface area contributed by atoms with E-state index in [9.17, 15) is 39.9 Å². The van der Waals surface area contributed by atoms with Crippen LogP contribution < -0.4 is 0 Å². The number of carbonyl (C=O) groups excluding carboxylic acids is 3. The fourth-order valence-corrected chi connectivity index (χ4v) is 5.75. The lowest BCUT2D eigenvalue weighted by molar-refractivity contribution is -0.384. The summed E-state index contributed by atoms with van der Waals surface area (Å²) >= 11 is 0. The van der Waals surface area contributed by atoms with Gasteiger partial charge in [-0.3, -0.25) is 14.4 Å². The van der Waals surface area contributed by atoms with Crippen LogP contribution in [0.5, 0.6) is 0 Å². The summed E-state index contributed by atoms with van der Waals surface area (Å²) in [6.45, 7) is 9.68. The average Bonchev–Trinajstić information content (AvgIpc) is 3.26. The van der Waals surface area contributed by atoms with E-state index in [1.54, 1.807) is 0 Å². The maximum atomic E-state index is 13.2. The first-order valence-corrected chi connectivity index (χ1v) is 17.5. The van der Waals surface area contributed by atoms with Gasteiger partial charge in [0.25, 0.3) is 0 Å². The van der Waals surface area contributed by atoms with E-state index in [-0.39, 0.29) is 19.3 Å². The molecule has 2 aliphatic heterocycles. The molecule has 14 nitrogen and oxygen atoms in total. The first-order valence-electron chi connectivity index (χ1n) is 17.5. The highest BCUT2D eigenvalue weighted by molar-refractivity contribution is 5.71. The predicted octanol–water partition coefficient (Wildman–Crippen LogP) is 2.13. The Kier molecular flexibility index (Phi) is 18.2. The van der Waals surface area contributed by atoms with Crippen molar-refractivity contribution >= 4 is 17.9 Å². The van der Waals surface area contributed by atoms with E-state index >= 15 is 0 Å². The van der Waals surface area contributed by atoms with Crippen LogP contribution in [0, 0.1) is 17.8 Å². The summed E-state index contributed by atoms with van der Waals surface area (Å²) in [5.41, 5.74) is 0. The molecular formula is C34H60O14. The van der Waals surface area contributed by atoms with Gasteiger partial charge in [-0.05, 0) is 37.0 Å². The number of hydrogen-bond acceptors (Lipinski definition) is 14. The van der Waals surface area contributed by atoms with Crippen LogP contribution in [0.25, 0.3) is 0 Å². The molecule has 2 aliphatic rings. The topological polar surface area (TPSA) is 208 Å². The highest BCUT2D eigenvalue weighted by atomic mass is 16.8. The monoisotopic (exact) mass is 692 g/mol. The zero-order chi connectivity index (χ0) is 36.0. The van der Waals surface area contributed by atoms with Crippen molar-refractivity contribution in [2.75, 3.05) is 19.8 Å². The summed E-state index contributed by atoms with van der Waals surface area (Å²) in [6, 6.07) is 0. The number of hydrogen-bond donors (Lipinski definition) is 5. The van der Waals surface area contributed by atoms with Crippen molar-refractivity contribution in [3.63, 3.8) is 0 Å². The Balaban J connectivity index is 2.49. The Morgan fingerprint density at radius 2 is 1.10 bits per heavy atom. The first kappa shape index (κ1) is 42.3. The van der Waals surface area contributed by atoms with Crippen LogP contribution in [-0.4, -0.2) is 118 Å². The Morgan fingerprint density at radius 1 is 0.646 bits per heavy atom. The molecule has 0 aliphatic carbocycles. The number of esters is 3. The Bertz CT molecular complexity index is 973. The highest BCUT2D eigenvalue weighted by Crippen LogP contribution is 2.38. The maximum Gasteiger partial charge on any atom is 0.306 e. The quantitative estimate of drug-likeness (QED) is 0.0664. The van der Waals surface area contributed by atoms with Crippen molar-refractivity contribution in [1.29, 1.82) is 0 Å². The summed E-state index contributed by atoms with van der Waals surface area (Å²) in [7, 11) is 0.